The molecule has 0 saturated carbocycles. The summed E-state index contributed by atoms with van der Waals surface area (Å²) in [7, 11) is 0. The second-order valence-electron chi connectivity index (χ2n) is 7.03. The number of anilines is 1. The lowest BCUT2D eigenvalue weighted by molar-refractivity contribution is -0.152. The average molecular weight is 385 g/mol. The number of aromatic nitrogens is 2. The molecule has 1 aliphatic rings. The normalized spacial score (nSPS) is 18.4. The van der Waals surface area contributed by atoms with E-state index in [4.69, 9.17) is 4.74 Å². The van der Waals surface area contributed by atoms with Crippen LogP contribution in [0.25, 0.3) is 21.8 Å². The zero-order valence-electron chi connectivity index (χ0n) is 15.8. The summed E-state index contributed by atoms with van der Waals surface area (Å²) < 4.78 is 7.23. The zero-order chi connectivity index (χ0) is 20.0. The summed E-state index contributed by atoms with van der Waals surface area (Å²) in [6.45, 7) is 1.95. The molecule has 5 rings (SSSR count). The van der Waals surface area contributed by atoms with Crippen LogP contribution in [0, 0.1) is 5.92 Å². The molecule has 4 aromatic rings. The molecule has 0 spiro atoms. The van der Waals surface area contributed by atoms with Crippen LogP contribution >= 0.6 is 0 Å². The number of para-hydroxylation sites is 2. The van der Waals surface area contributed by atoms with E-state index in [0.29, 0.717) is 5.95 Å². The summed E-state index contributed by atoms with van der Waals surface area (Å²) >= 11 is 0. The highest BCUT2D eigenvalue weighted by Gasteiger charge is 2.44. The van der Waals surface area contributed by atoms with E-state index in [9.17, 15) is 9.59 Å². The van der Waals surface area contributed by atoms with Crippen molar-refractivity contribution >= 4 is 39.6 Å². The molecular formula is C23H19N3O3. The number of nitrogens with zero attached hydrogens (tertiary/aromatic N) is 2. The van der Waals surface area contributed by atoms with Gasteiger partial charge >= 0.3 is 5.97 Å². The number of carbonyl (C=O) groups excluding carboxylic acids is 2. The number of imidazole rings is 1. The third kappa shape index (κ3) is 2.68. The SMILES string of the molecule is CCOC(=O)[C@@H]1C(=O)Nc2nc3ccccc3n2[C@H]1c1cccc2ccccc12. The molecule has 1 aromatic heterocycles. The van der Waals surface area contributed by atoms with Crippen LogP contribution in [0.5, 0.6) is 0 Å². The lowest BCUT2D eigenvalue weighted by Gasteiger charge is -2.32. The molecule has 29 heavy (non-hydrogen) atoms. The Bertz CT molecular complexity index is 1260. The minimum atomic E-state index is -1.01. The summed E-state index contributed by atoms with van der Waals surface area (Å²) in [5.74, 6) is -1.50. The van der Waals surface area contributed by atoms with E-state index in [-0.39, 0.29) is 6.61 Å². The van der Waals surface area contributed by atoms with Crippen molar-refractivity contribution in [3.05, 3.63) is 72.3 Å². The molecular weight excluding hydrogens is 366 g/mol. The lowest BCUT2D eigenvalue weighted by atomic mass is 9.87. The van der Waals surface area contributed by atoms with Gasteiger partial charge in [-0.2, -0.15) is 0 Å². The minimum Gasteiger partial charge on any atom is -0.465 e. The molecule has 0 radical (unpaired) electrons. The van der Waals surface area contributed by atoms with Gasteiger partial charge in [0.05, 0.1) is 23.7 Å². The van der Waals surface area contributed by atoms with Crippen molar-refractivity contribution in [2.45, 2.75) is 13.0 Å². The Balaban J connectivity index is 1.83. The lowest BCUT2D eigenvalue weighted by Crippen LogP contribution is -2.43. The first-order valence-corrected chi connectivity index (χ1v) is 9.61. The Morgan fingerprint density at radius 2 is 1.83 bits per heavy atom. The van der Waals surface area contributed by atoms with Gasteiger partial charge in [0, 0.05) is 0 Å². The Kier molecular flexibility index (Phi) is 4.05. The van der Waals surface area contributed by atoms with E-state index in [0.717, 1.165) is 27.4 Å². The van der Waals surface area contributed by atoms with E-state index in [2.05, 4.69) is 10.3 Å². The molecule has 0 bridgehead atoms. The van der Waals surface area contributed by atoms with Gasteiger partial charge in [-0.3, -0.25) is 14.9 Å². The smallest absolute Gasteiger partial charge is 0.321 e. The fourth-order valence-electron chi connectivity index (χ4n) is 4.19. The van der Waals surface area contributed by atoms with E-state index in [1.165, 1.54) is 0 Å². The second-order valence-corrected chi connectivity index (χ2v) is 7.03. The maximum atomic E-state index is 13.0. The van der Waals surface area contributed by atoms with Crippen LogP contribution in [0.2, 0.25) is 0 Å². The Morgan fingerprint density at radius 3 is 2.69 bits per heavy atom. The Labute approximate surface area is 167 Å². The number of fused-ring (bicyclic) bond motifs is 4. The fraction of sp³-hybridized carbons (Fsp3) is 0.174. The number of rotatable bonds is 3. The largest absolute Gasteiger partial charge is 0.465 e. The number of esters is 1. The first-order valence-electron chi connectivity index (χ1n) is 9.61. The molecule has 1 N–H and O–H groups in total. The molecule has 3 aromatic carbocycles. The Hall–Kier alpha value is -3.67. The van der Waals surface area contributed by atoms with E-state index in [1.54, 1.807) is 6.92 Å². The number of nitrogens with one attached hydrogen (secondary N) is 1. The van der Waals surface area contributed by atoms with E-state index < -0.39 is 23.8 Å². The monoisotopic (exact) mass is 385 g/mol. The van der Waals surface area contributed by atoms with Crippen LogP contribution in [0.4, 0.5) is 5.95 Å². The van der Waals surface area contributed by atoms with Crippen molar-refractivity contribution in [2.24, 2.45) is 5.92 Å². The first kappa shape index (κ1) is 17.4. The van der Waals surface area contributed by atoms with Gasteiger partial charge in [0.15, 0.2) is 5.92 Å². The third-order valence-corrected chi connectivity index (χ3v) is 5.39. The van der Waals surface area contributed by atoms with Crippen molar-refractivity contribution < 1.29 is 14.3 Å². The molecule has 6 nitrogen and oxygen atoms in total. The Morgan fingerprint density at radius 1 is 1.07 bits per heavy atom. The molecule has 0 saturated heterocycles. The van der Waals surface area contributed by atoms with Gasteiger partial charge in [0.2, 0.25) is 11.9 Å². The number of benzene rings is 3. The predicted molar refractivity (Wildman–Crippen MR) is 111 cm³/mol. The van der Waals surface area contributed by atoms with Crippen molar-refractivity contribution in [2.75, 3.05) is 11.9 Å². The van der Waals surface area contributed by atoms with Crippen LogP contribution in [0.15, 0.2) is 66.7 Å². The van der Waals surface area contributed by atoms with E-state index in [1.807, 2.05) is 71.3 Å². The number of hydrogen-bond donors (Lipinski definition) is 1. The number of ether oxygens (including phenoxy) is 1. The van der Waals surface area contributed by atoms with Crippen molar-refractivity contribution in [3.63, 3.8) is 0 Å². The fourth-order valence-corrected chi connectivity index (χ4v) is 4.19. The zero-order valence-corrected chi connectivity index (χ0v) is 15.8. The van der Waals surface area contributed by atoms with Crippen LogP contribution in [0.3, 0.4) is 0 Å². The van der Waals surface area contributed by atoms with Crippen molar-refractivity contribution in [1.82, 2.24) is 9.55 Å². The van der Waals surface area contributed by atoms with Gasteiger partial charge in [0.1, 0.15) is 0 Å². The summed E-state index contributed by atoms with van der Waals surface area (Å²) in [4.78, 5) is 30.5. The van der Waals surface area contributed by atoms with Gasteiger partial charge in [-0.05, 0) is 35.4 Å². The number of carbonyl (C=O) groups is 2. The molecule has 2 heterocycles. The highest BCUT2D eigenvalue weighted by molar-refractivity contribution is 6.08. The molecule has 0 fully saturated rings. The highest BCUT2D eigenvalue weighted by Crippen LogP contribution is 2.40. The summed E-state index contributed by atoms with van der Waals surface area (Å²) in [6, 6.07) is 21.0. The second kappa shape index (κ2) is 6.74. The van der Waals surface area contributed by atoms with Gasteiger partial charge in [-0.15, -0.1) is 0 Å². The molecule has 0 aliphatic carbocycles. The van der Waals surface area contributed by atoms with Crippen molar-refractivity contribution in [1.29, 1.82) is 0 Å². The van der Waals surface area contributed by atoms with Gasteiger partial charge < -0.3 is 9.30 Å². The highest BCUT2D eigenvalue weighted by atomic mass is 16.5. The predicted octanol–water partition coefficient (Wildman–Crippen LogP) is 3.91. The van der Waals surface area contributed by atoms with Gasteiger partial charge in [-0.1, -0.05) is 54.6 Å². The molecule has 2 atom stereocenters. The van der Waals surface area contributed by atoms with Crippen molar-refractivity contribution in [3.8, 4) is 0 Å². The maximum absolute atomic E-state index is 13.0. The molecule has 0 unspecified atom stereocenters. The number of hydrogen-bond acceptors (Lipinski definition) is 4. The average Bonchev–Trinajstić information content (AvgIpc) is 3.10. The summed E-state index contributed by atoms with van der Waals surface area (Å²) in [5, 5.41) is 4.84. The van der Waals surface area contributed by atoms with E-state index >= 15 is 0 Å². The first-order chi connectivity index (χ1) is 14.2. The summed E-state index contributed by atoms with van der Waals surface area (Å²) in [5.41, 5.74) is 2.51. The van der Waals surface area contributed by atoms with Crippen LogP contribution in [0.1, 0.15) is 18.5 Å². The quantitative estimate of drug-likeness (QED) is 0.429. The molecule has 6 heteroatoms. The van der Waals surface area contributed by atoms with Crippen LogP contribution < -0.4 is 5.32 Å². The van der Waals surface area contributed by atoms with Crippen LogP contribution in [-0.2, 0) is 14.3 Å². The standard InChI is InChI=1S/C23H19N3O3/c1-2-29-22(28)19-20(16-11-7-9-14-8-3-4-10-15(14)16)26-18-13-6-5-12-17(18)24-23(26)25-21(19)27/h3-13,19-20H,2H2,1H3,(H,24,25,27)/t19-,20-/m0/s1. The topological polar surface area (TPSA) is 73.2 Å². The molecule has 144 valence electrons. The minimum absolute atomic E-state index is 0.211. The molecule has 1 aliphatic heterocycles. The summed E-state index contributed by atoms with van der Waals surface area (Å²) in [6.07, 6.45) is 0. The van der Waals surface area contributed by atoms with Gasteiger partial charge in [0.25, 0.3) is 0 Å². The number of amides is 1. The van der Waals surface area contributed by atoms with Gasteiger partial charge in [-0.25, -0.2) is 4.98 Å². The molecule has 1 amide bonds. The van der Waals surface area contributed by atoms with Crippen LogP contribution in [-0.4, -0.2) is 28.0 Å². The third-order valence-electron chi connectivity index (χ3n) is 5.39. The maximum Gasteiger partial charge on any atom is 0.321 e.